The molecule has 4 aliphatic carbocycles. The first-order chi connectivity index (χ1) is 8.06. The van der Waals surface area contributed by atoms with Crippen LogP contribution in [0.4, 0.5) is 0 Å². The van der Waals surface area contributed by atoms with Gasteiger partial charge in [-0.2, -0.15) is 0 Å². The molecule has 0 aromatic rings. The summed E-state index contributed by atoms with van der Waals surface area (Å²) in [6.07, 6.45) is 6.44. The summed E-state index contributed by atoms with van der Waals surface area (Å²) < 4.78 is 0. The van der Waals surface area contributed by atoms with E-state index in [0.717, 1.165) is 24.2 Å². The molecule has 5 atom stereocenters. The van der Waals surface area contributed by atoms with Gasteiger partial charge in [-0.3, -0.25) is 0 Å². The van der Waals surface area contributed by atoms with Crippen molar-refractivity contribution >= 4 is 35.6 Å². The van der Waals surface area contributed by atoms with Gasteiger partial charge in [0.1, 0.15) is 0 Å². The van der Waals surface area contributed by atoms with Crippen LogP contribution >= 0.6 is 35.6 Å². The molecule has 18 heavy (non-hydrogen) atoms. The van der Waals surface area contributed by atoms with Crippen molar-refractivity contribution in [2.24, 2.45) is 23.2 Å². The Morgan fingerprint density at radius 1 is 1.17 bits per heavy atom. The fraction of sp³-hybridized carbons (Fsp3) is 1.00. The summed E-state index contributed by atoms with van der Waals surface area (Å²) in [4.78, 5) is 0. The second-order valence-corrected chi connectivity index (χ2v) is 7.67. The molecule has 1 nitrogen and oxygen atoms in total. The van der Waals surface area contributed by atoms with Crippen LogP contribution in [0.25, 0.3) is 0 Å². The van der Waals surface area contributed by atoms with Gasteiger partial charge in [0.15, 0.2) is 0 Å². The average Bonchev–Trinajstić information content (AvgIpc) is 2.32. The van der Waals surface area contributed by atoms with Gasteiger partial charge in [-0.25, -0.2) is 0 Å². The number of rotatable bonds is 3. The molecule has 0 aromatic heterocycles. The van der Waals surface area contributed by atoms with Crippen molar-refractivity contribution in [3.8, 4) is 0 Å². The minimum atomic E-state index is 0. The molecular weight excluding hydrogens is 289 g/mol. The van der Waals surface area contributed by atoms with Crippen molar-refractivity contribution in [1.82, 2.24) is 5.32 Å². The molecule has 0 heterocycles. The fourth-order valence-corrected chi connectivity index (χ4v) is 6.12. The fourth-order valence-electron chi connectivity index (χ4n) is 5.01. The van der Waals surface area contributed by atoms with Gasteiger partial charge < -0.3 is 5.32 Å². The van der Waals surface area contributed by atoms with E-state index in [4.69, 9.17) is 23.2 Å². The van der Waals surface area contributed by atoms with Crippen LogP contribution in [0.2, 0.25) is 0 Å². The topological polar surface area (TPSA) is 12.0 Å². The molecule has 4 heteroatoms. The standard InChI is InChI=1S/C14H23Cl2N.ClH/c1-8(17-2)6-14-7-9-3-10(12(14)15)5-11(4-9)13(14)16;/h8-13,17H,3-7H2,1-2H3;1H. The highest BCUT2D eigenvalue weighted by Crippen LogP contribution is 2.64. The summed E-state index contributed by atoms with van der Waals surface area (Å²) in [6.45, 7) is 2.26. The van der Waals surface area contributed by atoms with E-state index in [1.165, 1.54) is 25.7 Å². The molecular formula is C14H24Cl3N. The van der Waals surface area contributed by atoms with Gasteiger partial charge >= 0.3 is 0 Å². The lowest BCUT2D eigenvalue weighted by molar-refractivity contribution is -0.0509. The third-order valence-electron chi connectivity index (χ3n) is 5.65. The van der Waals surface area contributed by atoms with Crippen LogP contribution in [0.15, 0.2) is 0 Å². The van der Waals surface area contributed by atoms with E-state index in [-0.39, 0.29) is 17.8 Å². The van der Waals surface area contributed by atoms with Gasteiger partial charge in [0.2, 0.25) is 0 Å². The first kappa shape index (κ1) is 15.2. The maximum Gasteiger partial charge on any atom is 0.0435 e. The summed E-state index contributed by atoms with van der Waals surface area (Å²) in [5, 5.41) is 3.99. The smallest absolute Gasteiger partial charge is 0.0435 e. The number of hydrogen-bond donors (Lipinski definition) is 1. The molecule has 0 aliphatic heterocycles. The van der Waals surface area contributed by atoms with Crippen LogP contribution in [0, 0.1) is 23.2 Å². The highest BCUT2D eigenvalue weighted by Gasteiger charge is 2.61. The van der Waals surface area contributed by atoms with Crippen LogP contribution in [-0.4, -0.2) is 23.8 Å². The van der Waals surface area contributed by atoms with E-state index in [1.54, 1.807) is 0 Å². The summed E-state index contributed by atoms with van der Waals surface area (Å²) >= 11 is 13.6. The molecule has 4 fully saturated rings. The molecule has 4 rings (SSSR count). The van der Waals surface area contributed by atoms with Crippen LogP contribution in [0.1, 0.15) is 39.0 Å². The van der Waals surface area contributed by atoms with Gasteiger partial charge in [0.25, 0.3) is 0 Å². The third-order valence-corrected chi connectivity index (χ3v) is 7.23. The van der Waals surface area contributed by atoms with Crippen molar-refractivity contribution in [2.45, 2.75) is 55.8 Å². The number of halogens is 3. The van der Waals surface area contributed by atoms with Crippen LogP contribution in [-0.2, 0) is 0 Å². The second kappa shape index (κ2) is 5.31. The normalized spacial score (nSPS) is 51.0. The molecule has 0 spiro atoms. The Kier molecular flexibility index (Phi) is 4.49. The van der Waals surface area contributed by atoms with Crippen molar-refractivity contribution in [3.63, 3.8) is 0 Å². The quantitative estimate of drug-likeness (QED) is 0.775. The van der Waals surface area contributed by atoms with Crippen molar-refractivity contribution in [3.05, 3.63) is 0 Å². The highest BCUT2D eigenvalue weighted by atomic mass is 35.5. The Morgan fingerprint density at radius 2 is 1.72 bits per heavy atom. The Bertz CT molecular complexity index is 291. The van der Waals surface area contributed by atoms with Gasteiger partial charge in [-0.15, -0.1) is 35.6 Å². The predicted octanol–water partition coefficient (Wildman–Crippen LogP) is 4.06. The molecule has 0 radical (unpaired) electrons. The maximum absolute atomic E-state index is 6.81. The van der Waals surface area contributed by atoms with E-state index in [2.05, 4.69) is 12.2 Å². The van der Waals surface area contributed by atoms with Crippen LogP contribution in [0.5, 0.6) is 0 Å². The molecule has 4 bridgehead atoms. The molecule has 106 valence electrons. The zero-order valence-corrected chi connectivity index (χ0v) is 13.5. The molecule has 0 saturated heterocycles. The van der Waals surface area contributed by atoms with Crippen molar-refractivity contribution < 1.29 is 0 Å². The zero-order valence-electron chi connectivity index (χ0n) is 11.2. The summed E-state index contributed by atoms with van der Waals surface area (Å²) in [5.41, 5.74) is 0.209. The summed E-state index contributed by atoms with van der Waals surface area (Å²) in [7, 11) is 2.04. The molecule has 4 aliphatic rings. The van der Waals surface area contributed by atoms with Gasteiger partial charge in [0, 0.05) is 22.2 Å². The lowest BCUT2D eigenvalue weighted by Gasteiger charge is -2.62. The van der Waals surface area contributed by atoms with Gasteiger partial charge in [0.05, 0.1) is 0 Å². The Hall–Kier alpha value is 0.830. The molecule has 1 N–H and O–H groups in total. The number of hydrogen-bond acceptors (Lipinski definition) is 1. The lowest BCUT2D eigenvalue weighted by Crippen LogP contribution is -2.61. The maximum atomic E-state index is 6.81. The first-order valence-corrected chi connectivity index (χ1v) is 7.89. The molecule has 4 saturated carbocycles. The minimum absolute atomic E-state index is 0. The van der Waals surface area contributed by atoms with Gasteiger partial charge in [-0.1, -0.05) is 0 Å². The largest absolute Gasteiger partial charge is 0.317 e. The van der Waals surface area contributed by atoms with Crippen LogP contribution < -0.4 is 5.32 Å². The minimum Gasteiger partial charge on any atom is -0.317 e. The van der Waals surface area contributed by atoms with E-state index in [0.29, 0.717) is 16.8 Å². The SMILES string of the molecule is CNC(C)CC12CC3CC(CC(C3)C1Cl)C2Cl.Cl. The molecule has 0 aromatic carbocycles. The van der Waals surface area contributed by atoms with E-state index >= 15 is 0 Å². The Morgan fingerprint density at radius 3 is 2.22 bits per heavy atom. The van der Waals surface area contributed by atoms with Crippen molar-refractivity contribution in [1.29, 1.82) is 0 Å². The molecule has 5 unspecified atom stereocenters. The monoisotopic (exact) mass is 311 g/mol. The van der Waals surface area contributed by atoms with E-state index in [9.17, 15) is 0 Å². The summed E-state index contributed by atoms with van der Waals surface area (Å²) in [6, 6.07) is 0.522. The second-order valence-electron chi connectivity index (χ2n) is 6.73. The Balaban J connectivity index is 0.00000120. The summed E-state index contributed by atoms with van der Waals surface area (Å²) in [5.74, 6) is 2.40. The third kappa shape index (κ3) is 2.10. The number of alkyl halides is 2. The predicted molar refractivity (Wildman–Crippen MR) is 81.0 cm³/mol. The van der Waals surface area contributed by atoms with E-state index in [1.807, 2.05) is 7.05 Å². The molecule has 0 amide bonds. The highest BCUT2D eigenvalue weighted by molar-refractivity contribution is 6.25. The van der Waals surface area contributed by atoms with E-state index < -0.39 is 0 Å². The first-order valence-electron chi connectivity index (χ1n) is 7.02. The lowest BCUT2D eigenvalue weighted by atomic mass is 9.48. The Labute approximate surface area is 127 Å². The van der Waals surface area contributed by atoms with Crippen molar-refractivity contribution in [2.75, 3.05) is 7.05 Å². The zero-order chi connectivity index (χ0) is 12.2. The van der Waals surface area contributed by atoms with Gasteiger partial charge in [-0.05, 0) is 63.8 Å². The van der Waals surface area contributed by atoms with Crippen LogP contribution in [0.3, 0.4) is 0 Å². The number of nitrogens with one attached hydrogen (secondary N) is 1. The average molecular weight is 313 g/mol.